The summed E-state index contributed by atoms with van der Waals surface area (Å²) in [6.45, 7) is 3.10. The van der Waals surface area contributed by atoms with E-state index in [1.165, 1.54) is 24.3 Å². The molecule has 1 aliphatic heterocycles. The maximum Gasteiger partial charge on any atom is 0.255 e. The Balaban J connectivity index is 1.83. The van der Waals surface area contributed by atoms with E-state index in [1.807, 2.05) is 0 Å². The van der Waals surface area contributed by atoms with Crippen molar-refractivity contribution in [1.29, 1.82) is 0 Å². The van der Waals surface area contributed by atoms with Crippen molar-refractivity contribution in [3.8, 4) is 0 Å². The highest BCUT2D eigenvalue weighted by atomic mass is 32.2. The summed E-state index contributed by atoms with van der Waals surface area (Å²) in [5.74, 6) is -3.20. The smallest absolute Gasteiger partial charge is 0.255 e. The Hall–Kier alpha value is -2.81. The molecule has 142 valence electrons. The van der Waals surface area contributed by atoms with Crippen molar-refractivity contribution < 1.29 is 26.8 Å². The number of nitrogens with zero attached hydrogens (tertiary/aromatic N) is 1. The number of nitrogens with one attached hydrogen (secondary N) is 1. The van der Waals surface area contributed by atoms with Crippen molar-refractivity contribution >= 4 is 33.2 Å². The van der Waals surface area contributed by atoms with E-state index >= 15 is 0 Å². The van der Waals surface area contributed by atoms with Crippen LogP contribution < -0.4 is 9.62 Å². The number of benzene rings is 2. The van der Waals surface area contributed by atoms with E-state index in [0.717, 1.165) is 16.4 Å². The first-order valence-electron chi connectivity index (χ1n) is 7.95. The fraction of sp³-hybridized carbons (Fsp3) is 0.222. The minimum absolute atomic E-state index is 0.116. The van der Waals surface area contributed by atoms with Crippen LogP contribution in [0.2, 0.25) is 0 Å². The molecular weight excluding hydrogens is 378 g/mol. The molecule has 0 spiro atoms. The second kappa shape index (κ2) is 6.41. The van der Waals surface area contributed by atoms with Crippen molar-refractivity contribution in [2.24, 2.45) is 5.41 Å². The predicted octanol–water partition coefficient (Wildman–Crippen LogP) is 2.92. The van der Waals surface area contributed by atoms with Crippen LogP contribution in [0.5, 0.6) is 0 Å². The summed E-state index contributed by atoms with van der Waals surface area (Å²) in [5.41, 5.74) is -0.986. The zero-order valence-corrected chi connectivity index (χ0v) is 15.3. The normalized spacial score (nSPS) is 17.8. The molecular formula is C18H16F2N2O4S. The van der Waals surface area contributed by atoms with Gasteiger partial charge in [0.2, 0.25) is 15.9 Å². The zero-order valence-electron chi connectivity index (χ0n) is 14.5. The lowest BCUT2D eigenvalue weighted by molar-refractivity contribution is -0.123. The molecule has 1 N–H and O–H groups in total. The molecule has 0 atom stereocenters. The van der Waals surface area contributed by atoms with E-state index in [1.54, 1.807) is 13.8 Å². The van der Waals surface area contributed by atoms with Crippen molar-refractivity contribution in [3.05, 3.63) is 59.7 Å². The Morgan fingerprint density at radius 2 is 1.74 bits per heavy atom. The Bertz CT molecular complexity index is 1030. The molecule has 6 nitrogen and oxygen atoms in total. The maximum absolute atomic E-state index is 13.6. The Kier molecular flexibility index (Phi) is 4.51. The number of rotatable bonds is 3. The number of carbonyl (C=O) groups excluding carboxylic acids is 2. The number of sulfonamides is 1. The summed E-state index contributed by atoms with van der Waals surface area (Å²) in [7, 11) is -3.79. The van der Waals surface area contributed by atoms with Gasteiger partial charge in [-0.2, -0.15) is 0 Å². The molecule has 0 unspecified atom stereocenters. The van der Waals surface area contributed by atoms with E-state index in [2.05, 4.69) is 5.32 Å². The number of carbonyl (C=O) groups is 2. The van der Waals surface area contributed by atoms with Gasteiger partial charge in [-0.1, -0.05) is 0 Å². The lowest BCUT2D eigenvalue weighted by atomic mass is 9.95. The maximum atomic E-state index is 13.6. The van der Waals surface area contributed by atoms with Gasteiger partial charge in [0, 0.05) is 11.6 Å². The first-order valence-corrected chi connectivity index (χ1v) is 9.56. The first kappa shape index (κ1) is 19.0. The number of anilines is 2. The van der Waals surface area contributed by atoms with Crippen molar-refractivity contribution in [1.82, 2.24) is 0 Å². The molecule has 0 radical (unpaired) electrons. The van der Waals surface area contributed by atoms with E-state index in [4.69, 9.17) is 0 Å². The van der Waals surface area contributed by atoms with Crippen molar-refractivity contribution in [2.45, 2.75) is 13.8 Å². The second-order valence-corrected chi connectivity index (χ2v) is 8.65. The summed E-state index contributed by atoms with van der Waals surface area (Å²) < 4.78 is 51.8. The van der Waals surface area contributed by atoms with Gasteiger partial charge >= 0.3 is 0 Å². The summed E-state index contributed by atoms with van der Waals surface area (Å²) in [5, 5.41) is 2.30. The third kappa shape index (κ3) is 3.55. The molecule has 3 rings (SSSR count). The average molecular weight is 394 g/mol. The predicted molar refractivity (Wildman–Crippen MR) is 95.8 cm³/mol. The zero-order chi connectivity index (χ0) is 20.0. The number of hydrogen-bond donors (Lipinski definition) is 1. The molecule has 2 aromatic carbocycles. The molecule has 0 saturated carbocycles. The Morgan fingerprint density at radius 1 is 1.11 bits per heavy atom. The third-order valence-corrected chi connectivity index (χ3v) is 6.15. The van der Waals surface area contributed by atoms with Crippen LogP contribution in [-0.4, -0.2) is 26.0 Å². The molecule has 1 heterocycles. The number of halogens is 2. The Labute approximate surface area is 154 Å². The minimum atomic E-state index is -3.79. The van der Waals surface area contributed by atoms with Gasteiger partial charge < -0.3 is 5.32 Å². The van der Waals surface area contributed by atoms with Crippen LogP contribution in [0, 0.1) is 17.0 Å². The fourth-order valence-corrected chi connectivity index (χ4v) is 4.90. The topological polar surface area (TPSA) is 83.6 Å². The highest BCUT2D eigenvalue weighted by molar-refractivity contribution is 7.94. The molecule has 0 aromatic heterocycles. The quantitative estimate of drug-likeness (QED) is 0.868. The highest BCUT2D eigenvalue weighted by Gasteiger charge is 2.49. The van der Waals surface area contributed by atoms with Crippen molar-refractivity contribution in [2.75, 3.05) is 15.4 Å². The van der Waals surface area contributed by atoms with Crippen LogP contribution >= 0.6 is 0 Å². The first-order chi connectivity index (χ1) is 12.5. The van der Waals surface area contributed by atoms with E-state index in [-0.39, 0.29) is 22.7 Å². The molecule has 1 fully saturated rings. The van der Waals surface area contributed by atoms with Gasteiger partial charge in [0.1, 0.15) is 11.6 Å². The van der Waals surface area contributed by atoms with Crippen LogP contribution in [0.3, 0.4) is 0 Å². The molecule has 9 heteroatoms. The fourth-order valence-electron chi connectivity index (χ4n) is 2.79. The van der Waals surface area contributed by atoms with Gasteiger partial charge in [0.25, 0.3) is 5.91 Å². The van der Waals surface area contributed by atoms with E-state index < -0.39 is 38.9 Å². The molecule has 27 heavy (non-hydrogen) atoms. The molecule has 1 aliphatic rings. The van der Waals surface area contributed by atoms with Gasteiger partial charge in [0.15, 0.2) is 0 Å². The molecule has 2 amide bonds. The summed E-state index contributed by atoms with van der Waals surface area (Å²) in [4.78, 5) is 24.6. The number of amides is 2. The third-order valence-electron chi connectivity index (χ3n) is 4.13. The minimum Gasteiger partial charge on any atom is -0.319 e. The summed E-state index contributed by atoms with van der Waals surface area (Å²) in [6.07, 6.45) is 0. The highest BCUT2D eigenvalue weighted by Crippen LogP contribution is 2.35. The SMILES string of the molecule is CC1(C)CS(=O)(=O)N(c2ccc(C(=O)Nc3ccc(F)cc3F)cc2)C1=O. The monoisotopic (exact) mass is 394 g/mol. The molecule has 2 aromatic rings. The lowest BCUT2D eigenvalue weighted by Crippen LogP contribution is -2.32. The van der Waals surface area contributed by atoms with Crippen LogP contribution in [0.25, 0.3) is 0 Å². The van der Waals surface area contributed by atoms with Crippen LogP contribution in [0.15, 0.2) is 42.5 Å². The summed E-state index contributed by atoms with van der Waals surface area (Å²) >= 11 is 0. The van der Waals surface area contributed by atoms with Gasteiger partial charge in [0.05, 0.1) is 22.5 Å². The van der Waals surface area contributed by atoms with Crippen LogP contribution in [0.4, 0.5) is 20.2 Å². The number of hydrogen-bond acceptors (Lipinski definition) is 4. The molecule has 0 bridgehead atoms. The molecule has 1 saturated heterocycles. The van der Waals surface area contributed by atoms with E-state index in [9.17, 15) is 26.8 Å². The summed E-state index contributed by atoms with van der Waals surface area (Å²) in [6, 6.07) is 8.03. The van der Waals surface area contributed by atoms with E-state index in [0.29, 0.717) is 6.07 Å². The van der Waals surface area contributed by atoms with Gasteiger partial charge in [-0.25, -0.2) is 21.5 Å². The Morgan fingerprint density at radius 3 is 2.26 bits per heavy atom. The van der Waals surface area contributed by atoms with Gasteiger partial charge in [-0.3, -0.25) is 9.59 Å². The largest absolute Gasteiger partial charge is 0.319 e. The van der Waals surface area contributed by atoms with Crippen molar-refractivity contribution in [3.63, 3.8) is 0 Å². The lowest BCUT2D eigenvalue weighted by Gasteiger charge is -2.17. The van der Waals surface area contributed by atoms with Gasteiger partial charge in [-0.05, 0) is 50.2 Å². The molecule has 0 aliphatic carbocycles. The van der Waals surface area contributed by atoms with Crippen LogP contribution in [-0.2, 0) is 14.8 Å². The second-order valence-electron chi connectivity index (χ2n) is 6.83. The van der Waals surface area contributed by atoms with Gasteiger partial charge in [-0.15, -0.1) is 0 Å². The standard InChI is InChI=1S/C18H16F2N2O4S/c1-18(2)10-27(25,26)22(17(18)24)13-6-3-11(4-7-13)16(23)21-15-8-5-12(19)9-14(15)20/h3-9H,10H2,1-2H3,(H,21,23). The van der Waals surface area contributed by atoms with Crippen LogP contribution in [0.1, 0.15) is 24.2 Å². The average Bonchev–Trinajstić information content (AvgIpc) is 2.73.